The van der Waals surface area contributed by atoms with Crippen molar-refractivity contribution in [2.75, 3.05) is 19.8 Å². The van der Waals surface area contributed by atoms with Crippen molar-refractivity contribution in [3.05, 3.63) is 17.6 Å². The maximum absolute atomic E-state index is 13.0. The lowest BCUT2D eigenvalue weighted by Gasteiger charge is -2.32. The summed E-state index contributed by atoms with van der Waals surface area (Å²) in [5.74, 6) is 0.586. The molecule has 3 aliphatic heterocycles. The van der Waals surface area contributed by atoms with Crippen LogP contribution < -0.4 is 9.46 Å². The summed E-state index contributed by atoms with van der Waals surface area (Å²) in [6.07, 6.45) is 5.83. The van der Waals surface area contributed by atoms with Gasteiger partial charge in [0.05, 0.1) is 24.0 Å². The number of rotatable bonds is 3. The second kappa shape index (κ2) is 8.99. The zero-order chi connectivity index (χ0) is 22.2. The molecule has 5 rings (SSSR count). The average Bonchev–Trinajstić information content (AvgIpc) is 3.12. The summed E-state index contributed by atoms with van der Waals surface area (Å²) in [5, 5.41) is -0.536. The van der Waals surface area contributed by atoms with Gasteiger partial charge in [-0.25, -0.2) is 23.1 Å². The van der Waals surface area contributed by atoms with E-state index in [1.54, 1.807) is 18.7 Å². The molecule has 0 radical (unpaired) electrons. The van der Waals surface area contributed by atoms with Gasteiger partial charge in [-0.05, 0) is 58.8 Å². The molecule has 1 aliphatic carbocycles. The number of hydrogen-bond donors (Lipinski definition) is 1. The number of aryl methyl sites for hydroxylation is 1. The minimum atomic E-state index is -3.45. The molecule has 4 heterocycles. The molecule has 10 heteroatoms. The highest BCUT2D eigenvalue weighted by molar-refractivity contribution is 7.90. The third kappa shape index (κ3) is 4.70. The van der Waals surface area contributed by atoms with E-state index in [2.05, 4.69) is 14.7 Å². The number of hydrogen-bond acceptors (Lipinski definition) is 7. The number of nitrogens with zero attached hydrogens (tertiary/aromatic N) is 3. The van der Waals surface area contributed by atoms with Gasteiger partial charge in [0.1, 0.15) is 6.33 Å². The molecule has 2 bridgehead atoms. The number of amides is 1. The summed E-state index contributed by atoms with van der Waals surface area (Å²) in [5.41, 5.74) is 1.88. The molecular weight excluding hydrogens is 420 g/mol. The van der Waals surface area contributed by atoms with Crippen LogP contribution >= 0.6 is 0 Å². The van der Waals surface area contributed by atoms with Gasteiger partial charge in [0.15, 0.2) is 6.61 Å². The average molecular weight is 453 g/mol. The van der Waals surface area contributed by atoms with Crippen molar-refractivity contribution in [3.8, 4) is 5.88 Å². The second-order valence-corrected chi connectivity index (χ2v) is 11.3. The Labute approximate surface area is 184 Å². The first kappa shape index (κ1) is 22.4. The lowest BCUT2D eigenvalue weighted by Crippen LogP contribution is -2.51. The Morgan fingerprint density at radius 1 is 1.16 bits per heavy atom. The van der Waals surface area contributed by atoms with Gasteiger partial charge in [-0.15, -0.1) is 0 Å². The fourth-order valence-electron chi connectivity index (χ4n) is 4.87. The molecule has 0 spiro atoms. The number of carbonyl (C=O) groups is 1. The molecule has 172 valence electrons. The van der Waals surface area contributed by atoms with E-state index in [1.165, 1.54) is 6.33 Å². The topological polar surface area (TPSA) is 111 Å². The van der Waals surface area contributed by atoms with Crippen LogP contribution in [-0.4, -0.2) is 72.4 Å². The molecule has 0 aromatic carbocycles. The molecule has 9 nitrogen and oxygen atoms in total. The van der Waals surface area contributed by atoms with Crippen molar-refractivity contribution < 1.29 is 22.7 Å². The van der Waals surface area contributed by atoms with Crippen LogP contribution in [0.4, 0.5) is 0 Å². The third-order valence-corrected chi connectivity index (χ3v) is 8.64. The highest BCUT2D eigenvalue weighted by Crippen LogP contribution is 2.39. The first-order valence-electron chi connectivity index (χ1n) is 11.1. The fraction of sp³-hybridized carbons (Fsp3) is 0.762. The van der Waals surface area contributed by atoms with E-state index in [1.807, 2.05) is 6.92 Å². The van der Waals surface area contributed by atoms with E-state index < -0.39 is 15.3 Å². The van der Waals surface area contributed by atoms with Crippen LogP contribution in [0.25, 0.3) is 0 Å². The van der Waals surface area contributed by atoms with Crippen LogP contribution in [0, 0.1) is 6.92 Å². The molecule has 2 atom stereocenters. The van der Waals surface area contributed by atoms with Crippen LogP contribution in [-0.2, 0) is 19.6 Å². The first-order valence-corrected chi connectivity index (χ1v) is 12.7. The summed E-state index contributed by atoms with van der Waals surface area (Å²) in [6, 6.07) is -0.718. The fourth-order valence-corrected chi connectivity index (χ4v) is 5.84. The Bertz CT molecular complexity index is 914. The van der Waals surface area contributed by atoms with Gasteiger partial charge >= 0.3 is 0 Å². The zero-order valence-electron chi connectivity index (χ0n) is 18.4. The van der Waals surface area contributed by atoms with E-state index in [0.717, 1.165) is 36.9 Å². The van der Waals surface area contributed by atoms with Crippen LogP contribution in [0.1, 0.15) is 63.1 Å². The number of sulfonamides is 1. The Kier molecular flexibility index (Phi) is 6.50. The summed E-state index contributed by atoms with van der Waals surface area (Å²) in [7, 11) is -3.45. The zero-order valence-corrected chi connectivity index (χ0v) is 19.2. The SMILES string of the molecule is Cc1ncnc2c1C1CCC(CC1)OCC1C(NS(=O)(=O)C(C)C)CCN1C(=O)CO2. The molecule has 1 saturated carbocycles. The number of carbonyl (C=O) groups excluding carboxylic acids is 1. The standard InChI is InChI=1S/C21H32N4O5S/c1-13(2)31(27,28)24-17-8-9-25-18(17)10-29-16-6-4-15(5-7-16)20-14(3)22-12-23-21(20)30-11-19(25)26/h12-13,15-18,24H,4-11H2,1-3H3. The minimum Gasteiger partial charge on any atom is -0.467 e. The summed E-state index contributed by atoms with van der Waals surface area (Å²) in [4.78, 5) is 23.4. The van der Waals surface area contributed by atoms with Crippen molar-refractivity contribution in [2.45, 2.75) is 82.2 Å². The van der Waals surface area contributed by atoms with E-state index in [-0.39, 0.29) is 36.6 Å². The van der Waals surface area contributed by atoms with E-state index in [0.29, 0.717) is 25.5 Å². The molecule has 4 aliphatic rings. The summed E-state index contributed by atoms with van der Waals surface area (Å²) >= 11 is 0. The molecule has 31 heavy (non-hydrogen) atoms. The molecule has 2 fully saturated rings. The smallest absolute Gasteiger partial charge is 0.260 e. The summed E-state index contributed by atoms with van der Waals surface area (Å²) < 4.78 is 39.9. The molecule has 1 aromatic heterocycles. The number of fused-ring (bicyclic) bond motifs is 5. The highest BCUT2D eigenvalue weighted by Gasteiger charge is 2.41. The van der Waals surface area contributed by atoms with Crippen LogP contribution in [0.5, 0.6) is 5.88 Å². The maximum atomic E-state index is 13.0. The Morgan fingerprint density at radius 2 is 1.90 bits per heavy atom. The molecule has 1 N–H and O–H groups in total. The molecule has 1 aromatic rings. The first-order chi connectivity index (χ1) is 14.8. The second-order valence-electron chi connectivity index (χ2n) is 9.03. The van der Waals surface area contributed by atoms with Crippen molar-refractivity contribution in [1.82, 2.24) is 19.6 Å². The molecule has 1 saturated heterocycles. The Balaban J connectivity index is 1.60. The Hall–Kier alpha value is -1.78. The largest absolute Gasteiger partial charge is 0.467 e. The van der Waals surface area contributed by atoms with Crippen molar-refractivity contribution in [2.24, 2.45) is 0 Å². The number of ether oxygens (including phenoxy) is 2. The predicted molar refractivity (Wildman–Crippen MR) is 114 cm³/mol. The van der Waals surface area contributed by atoms with Crippen molar-refractivity contribution >= 4 is 15.9 Å². The predicted octanol–water partition coefficient (Wildman–Crippen LogP) is 1.52. The van der Waals surface area contributed by atoms with Crippen LogP contribution in [0.2, 0.25) is 0 Å². The highest BCUT2D eigenvalue weighted by atomic mass is 32.2. The van der Waals surface area contributed by atoms with Gasteiger partial charge in [0.2, 0.25) is 15.9 Å². The van der Waals surface area contributed by atoms with Crippen molar-refractivity contribution in [1.29, 1.82) is 0 Å². The monoisotopic (exact) mass is 452 g/mol. The van der Waals surface area contributed by atoms with E-state index >= 15 is 0 Å². The van der Waals surface area contributed by atoms with Gasteiger partial charge in [-0.2, -0.15) is 0 Å². The van der Waals surface area contributed by atoms with E-state index in [9.17, 15) is 13.2 Å². The van der Waals surface area contributed by atoms with Crippen LogP contribution in [0.3, 0.4) is 0 Å². The van der Waals surface area contributed by atoms with Gasteiger partial charge in [0, 0.05) is 23.8 Å². The maximum Gasteiger partial charge on any atom is 0.260 e. The minimum absolute atomic E-state index is 0.103. The van der Waals surface area contributed by atoms with Crippen molar-refractivity contribution in [3.63, 3.8) is 0 Å². The number of aromatic nitrogens is 2. The van der Waals surface area contributed by atoms with E-state index in [4.69, 9.17) is 9.47 Å². The summed E-state index contributed by atoms with van der Waals surface area (Å²) in [6.45, 7) is 5.89. The lowest BCUT2D eigenvalue weighted by atomic mass is 9.82. The normalized spacial score (nSPS) is 29.5. The lowest BCUT2D eigenvalue weighted by molar-refractivity contribution is -0.136. The van der Waals surface area contributed by atoms with Gasteiger partial charge in [-0.1, -0.05) is 0 Å². The number of nitrogens with one attached hydrogen (secondary N) is 1. The molecule has 1 amide bonds. The molecule has 2 unspecified atom stereocenters. The molecular formula is C21H32N4O5S. The van der Waals surface area contributed by atoms with Crippen LogP contribution in [0.15, 0.2) is 6.33 Å². The quantitative estimate of drug-likeness (QED) is 0.740. The van der Waals surface area contributed by atoms with Gasteiger partial charge in [-0.3, -0.25) is 4.79 Å². The van der Waals surface area contributed by atoms with Gasteiger partial charge in [0.25, 0.3) is 5.91 Å². The third-order valence-electron chi connectivity index (χ3n) is 6.77. The Morgan fingerprint density at radius 3 is 2.61 bits per heavy atom. The van der Waals surface area contributed by atoms with Gasteiger partial charge < -0.3 is 14.4 Å².